The molecule has 0 saturated carbocycles. The Balaban J connectivity index is 1.69. The number of carbonyl (C=O) groups excluding carboxylic acids is 1. The van der Waals surface area contributed by atoms with E-state index in [1.54, 1.807) is 30.3 Å². The number of fused-ring (bicyclic) bond motifs is 1. The molecule has 2 heterocycles. The largest absolute Gasteiger partial charge is 0.479 e. The predicted molar refractivity (Wildman–Crippen MR) is 109 cm³/mol. The quantitative estimate of drug-likeness (QED) is 0.407. The van der Waals surface area contributed by atoms with E-state index in [0.717, 1.165) is 5.56 Å². The van der Waals surface area contributed by atoms with Crippen molar-refractivity contribution in [1.29, 1.82) is 0 Å². The van der Waals surface area contributed by atoms with Crippen LogP contribution in [0.2, 0.25) is 0 Å². The van der Waals surface area contributed by atoms with Crippen molar-refractivity contribution >= 4 is 22.8 Å². The number of hydrogen-bond acceptors (Lipinski definition) is 7. The standard InChI is InChI=1S/C22H20N2O7/c25-16-17(26)19(22(29)30)31-21(18(16)27)24-20(28)13-10-15(11-6-2-1-3-7-11)23-14-9-5-4-8-12(13)14/h1-10,16-19,21,25-27H,(H,24,28)(H,29,30)/t16?,17-,18?,19?,21+/m0/s1. The molecule has 0 aliphatic carbocycles. The highest BCUT2D eigenvalue weighted by molar-refractivity contribution is 6.07. The number of pyridine rings is 1. The second kappa shape index (κ2) is 8.40. The Hall–Kier alpha value is -3.37. The third-order valence-electron chi connectivity index (χ3n) is 5.16. The van der Waals surface area contributed by atoms with Crippen LogP contribution in [0.1, 0.15) is 10.4 Å². The molecule has 3 aromatic rings. The minimum atomic E-state index is -1.84. The maximum absolute atomic E-state index is 13.1. The second-order valence-corrected chi connectivity index (χ2v) is 7.20. The number of aliphatic hydroxyl groups excluding tert-OH is 3. The van der Waals surface area contributed by atoms with Crippen LogP contribution in [-0.4, -0.2) is 67.9 Å². The van der Waals surface area contributed by atoms with Crippen molar-refractivity contribution in [3.8, 4) is 11.3 Å². The van der Waals surface area contributed by atoms with Crippen molar-refractivity contribution in [2.75, 3.05) is 0 Å². The molecule has 0 bridgehead atoms. The fourth-order valence-corrected chi connectivity index (χ4v) is 3.53. The van der Waals surface area contributed by atoms with Crippen molar-refractivity contribution in [2.24, 2.45) is 0 Å². The molecule has 1 amide bonds. The number of amides is 1. The zero-order valence-corrected chi connectivity index (χ0v) is 16.1. The summed E-state index contributed by atoms with van der Waals surface area (Å²) in [6, 6.07) is 17.8. The molecule has 0 spiro atoms. The van der Waals surface area contributed by atoms with E-state index in [2.05, 4.69) is 10.3 Å². The van der Waals surface area contributed by atoms with Gasteiger partial charge in [0.1, 0.15) is 18.3 Å². The summed E-state index contributed by atoms with van der Waals surface area (Å²) in [4.78, 5) is 29.0. The Bertz CT molecular complexity index is 1120. The van der Waals surface area contributed by atoms with Gasteiger partial charge in [0.25, 0.3) is 5.91 Å². The summed E-state index contributed by atoms with van der Waals surface area (Å²) in [5.41, 5.74) is 2.14. The van der Waals surface area contributed by atoms with Gasteiger partial charge in [-0.15, -0.1) is 0 Å². The molecule has 1 aliphatic rings. The number of rotatable bonds is 4. The fraction of sp³-hybridized carbons (Fsp3) is 0.227. The highest BCUT2D eigenvalue weighted by Gasteiger charge is 2.47. The number of benzene rings is 2. The molecular weight excluding hydrogens is 404 g/mol. The molecule has 1 fully saturated rings. The summed E-state index contributed by atoms with van der Waals surface area (Å²) < 4.78 is 5.15. The number of carboxylic acid groups (broad SMARTS) is 1. The third-order valence-corrected chi connectivity index (χ3v) is 5.16. The van der Waals surface area contributed by atoms with Crippen molar-refractivity contribution < 1.29 is 34.8 Å². The zero-order chi connectivity index (χ0) is 22.1. The van der Waals surface area contributed by atoms with Crippen molar-refractivity contribution in [3.63, 3.8) is 0 Å². The number of carboxylic acids is 1. The van der Waals surface area contributed by atoms with Crippen LogP contribution in [0.25, 0.3) is 22.2 Å². The number of aliphatic hydroxyl groups is 3. The number of para-hydroxylation sites is 1. The minimum absolute atomic E-state index is 0.229. The average Bonchev–Trinajstić information content (AvgIpc) is 2.79. The molecule has 1 saturated heterocycles. The van der Waals surface area contributed by atoms with Crippen LogP contribution in [0.4, 0.5) is 0 Å². The molecule has 9 heteroatoms. The first-order valence-corrected chi connectivity index (χ1v) is 9.55. The normalized spacial score (nSPS) is 25.8. The molecule has 3 unspecified atom stereocenters. The second-order valence-electron chi connectivity index (χ2n) is 7.20. The van der Waals surface area contributed by atoms with Gasteiger partial charge < -0.3 is 30.5 Å². The molecule has 31 heavy (non-hydrogen) atoms. The van der Waals surface area contributed by atoms with E-state index in [1.807, 2.05) is 30.3 Å². The lowest BCUT2D eigenvalue weighted by atomic mass is 9.97. The van der Waals surface area contributed by atoms with Gasteiger partial charge >= 0.3 is 5.97 Å². The summed E-state index contributed by atoms with van der Waals surface area (Å²) in [5, 5.41) is 42.1. The number of carbonyl (C=O) groups is 2. The molecule has 2 aromatic carbocycles. The lowest BCUT2D eigenvalue weighted by Gasteiger charge is -2.38. The summed E-state index contributed by atoms with van der Waals surface area (Å²) in [5.74, 6) is -2.19. The summed E-state index contributed by atoms with van der Waals surface area (Å²) in [6.45, 7) is 0. The highest BCUT2D eigenvalue weighted by Crippen LogP contribution is 2.26. The van der Waals surface area contributed by atoms with Crippen LogP contribution in [0.15, 0.2) is 60.7 Å². The van der Waals surface area contributed by atoms with Gasteiger partial charge in [0, 0.05) is 10.9 Å². The van der Waals surface area contributed by atoms with Crippen molar-refractivity contribution in [2.45, 2.75) is 30.6 Å². The molecule has 1 aromatic heterocycles. The SMILES string of the molecule is O=C(N[C@@H]1OC(C(=O)O)[C@@H](O)C(O)C1O)c1cc(-c2ccccc2)nc2ccccc12. The van der Waals surface area contributed by atoms with Crippen LogP contribution in [0, 0.1) is 0 Å². The van der Waals surface area contributed by atoms with E-state index < -0.39 is 42.5 Å². The first kappa shape index (κ1) is 20.9. The molecule has 5 N–H and O–H groups in total. The lowest BCUT2D eigenvalue weighted by molar-refractivity contribution is -0.231. The first-order valence-electron chi connectivity index (χ1n) is 9.55. The molecule has 0 radical (unpaired) electrons. The van der Waals surface area contributed by atoms with E-state index in [-0.39, 0.29) is 5.56 Å². The van der Waals surface area contributed by atoms with Crippen molar-refractivity contribution in [1.82, 2.24) is 10.3 Å². The van der Waals surface area contributed by atoms with Crippen LogP contribution in [0.3, 0.4) is 0 Å². The van der Waals surface area contributed by atoms with Crippen LogP contribution >= 0.6 is 0 Å². The molecular formula is C22H20N2O7. The maximum atomic E-state index is 13.1. The number of aliphatic carboxylic acids is 1. The van der Waals surface area contributed by atoms with E-state index in [9.17, 15) is 30.0 Å². The number of aromatic nitrogens is 1. The van der Waals surface area contributed by atoms with Gasteiger partial charge in [-0.1, -0.05) is 48.5 Å². The summed E-state index contributed by atoms with van der Waals surface area (Å²) in [6.07, 6.45) is -8.73. The smallest absolute Gasteiger partial charge is 0.335 e. The van der Waals surface area contributed by atoms with Crippen LogP contribution in [-0.2, 0) is 9.53 Å². The van der Waals surface area contributed by atoms with Crippen LogP contribution < -0.4 is 5.32 Å². The van der Waals surface area contributed by atoms with Gasteiger partial charge in [-0.2, -0.15) is 0 Å². The van der Waals surface area contributed by atoms with Crippen LogP contribution in [0.5, 0.6) is 0 Å². The number of hydrogen-bond donors (Lipinski definition) is 5. The predicted octanol–water partition coefficient (Wildman–Crippen LogP) is 0.524. The molecule has 5 atom stereocenters. The van der Waals surface area contributed by atoms with Gasteiger partial charge in [-0.25, -0.2) is 9.78 Å². The molecule has 160 valence electrons. The number of nitrogens with zero attached hydrogens (tertiary/aromatic N) is 1. The molecule has 9 nitrogen and oxygen atoms in total. The van der Waals surface area contributed by atoms with E-state index >= 15 is 0 Å². The Kier molecular flexibility index (Phi) is 5.66. The topological polar surface area (TPSA) is 149 Å². The Labute approximate surface area is 176 Å². The Morgan fingerprint density at radius 2 is 1.58 bits per heavy atom. The maximum Gasteiger partial charge on any atom is 0.335 e. The van der Waals surface area contributed by atoms with Gasteiger partial charge in [0.2, 0.25) is 0 Å². The van der Waals surface area contributed by atoms with E-state index in [1.165, 1.54) is 0 Å². The Morgan fingerprint density at radius 1 is 0.903 bits per heavy atom. The van der Waals surface area contributed by atoms with E-state index in [0.29, 0.717) is 16.6 Å². The summed E-state index contributed by atoms with van der Waals surface area (Å²) >= 11 is 0. The van der Waals surface area contributed by atoms with Gasteiger partial charge in [0.15, 0.2) is 12.3 Å². The third kappa shape index (κ3) is 3.99. The molecule has 4 rings (SSSR count). The minimum Gasteiger partial charge on any atom is -0.479 e. The number of nitrogens with one attached hydrogen (secondary N) is 1. The van der Waals surface area contributed by atoms with Gasteiger partial charge in [-0.05, 0) is 12.1 Å². The number of ether oxygens (including phenoxy) is 1. The average molecular weight is 424 g/mol. The Morgan fingerprint density at radius 3 is 2.29 bits per heavy atom. The highest BCUT2D eigenvalue weighted by atomic mass is 16.6. The monoisotopic (exact) mass is 424 g/mol. The van der Waals surface area contributed by atoms with E-state index in [4.69, 9.17) is 4.74 Å². The summed E-state index contributed by atoms with van der Waals surface area (Å²) in [7, 11) is 0. The van der Waals surface area contributed by atoms with Gasteiger partial charge in [0.05, 0.1) is 16.8 Å². The first-order chi connectivity index (χ1) is 14.9. The fourth-order valence-electron chi connectivity index (χ4n) is 3.53. The lowest BCUT2D eigenvalue weighted by Crippen LogP contribution is -2.64. The van der Waals surface area contributed by atoms with Crippen molar-refractivity contribution in [3.05, 3.63) is 66.2 Å². The van der Waals surface area contributed by atoms with Gasteiger partial charge in [-0.3, -0.25) is 4.79 Å². The molecule has 1 aliphatic heterocycles. The zero-order valence-electron chi connectivity index (χ0n) is 16.1.